The van der Waals surface area contributed by atoms with Crippen LogP contribution in [0.2, 0.25) is 0 Å². The van der Waals surface area contributed by atoms with Crippen molar-refractivity contribution in [1.29, 1.82) is 0 Å². The van der Waals surface area contributed by atoms with Crippen molar-refractivity contribution in [3.63, 3.8) is 0 Å². The number of amides is 1. The molecule has 42 heavy (non-hydrogen) atoms. The van der Waals surface area contributed by atoms with Crippen LogP contribution in [0.5, 0.6) is 0 Å². The highest BCUT2D eigenvalue weighted by Crippen LogP contribution is 2.40. The topological polar surface area (TPSA) is 86.1 Å². The Labute approximate surface area is 257 Å². The van der Waals surface area contributed by atoms with Gasteiger partial charge in [-0.15, -0.1) is 39.4 Å². The molecular formula is C32H30N4O3S3. The average molecular weight is 615 g/mol. The zero-order chi connectivity index (χ0) is 29.6. The van der Waals surface area contributed by atoms with E-state index in [2.05, 4.69) is 65.6 Å². The van der Waals surface area contributed by atoms with Crippen LogP contribution in [-0.2, 0) is 16.1 Å². The molecule has 0 aliphatic rings. The number of carbonyl (C=O) groups excluding carboxylic acids is 2. The first-order chi connectivity index (χ1) is 20.4. The molecule has 5 aromatic rings. The summed E-state index contributed by atoms with van der Waals surface area (Å²) in [5.41, 5.74) is 6.43. The van der Waals surface area contributed by atoms with Crippen molar-refractivity contribution in [3.8, 4) is 33.6 Å². The summed E-state index contributed by atoms with van der Waals surface area (Å²) in [5.74, 6) is 0.0942. The van der Waals surface area contributed by atoms with E-state index in [1.54, 1.807) is 24.3 Å². The van der Waals surface area contributed by atoms with E-state index in [-0.39, 0.29) is 18.3 Å². The van der Waals surface area contributed by atoms with Crippen LogP contribution in [0.25, 0.3) is 33.6 Å². The second kappa shape index (κ2) is 13.3. The summed E-state index contributed by atoms with van der Waals surface area (Å²) in [6, 6.07) is 18.0. The third-order valence-electron chi connectivity index (χ3n) is 6.53. The smallest absolute Gasteiger partial charge is 0.341 e. The van der Waals surface area contributed by atoms with Gasteiger partial charge < -0.3 is 10.1 Å². The lowest BCUT2D eigenvalue weighted by molar-refractivity contribution is -0.113. The monoisotopic (exact) mass is 614 g/mol. The van der Waals surface area contributed by atoms with Crippen LogP contribution in [0.1, 0.15) is 27.7 Å². The number of nitrogens with zero attached hydrogens (tertiary/aromatic N) is 3. The van der Waals surface area contributed by atoms with E-state index in [9.17, 15) is 9.59 Å². The number of esters is 1. The lowest BCUT2D eigenvalue weighted by Gasteiger charge is -2.10. The van der Waals surface area contributed by atoms with Crippen molar-refractivity contribution >= 4 is 51.3 Å². The summed E-state index contributed by atoms with van der Waals surface area (Å²) in [5, 5.41) is 16.9. The van der Waals surface area contributed by atoms with E-state index in [1.165, 1.54) is 33.5 Å². The van der Waals surface area contributed by atoms with E-state index in [4.69, 9.17) is 4.74 Å². The predicted molar refractivity (Wildman–Crippen MR) is 174 cm³/mol. The summed E-state index contributed by atoms with van der Waals surface area (Å²) < 4.78 is 7.30. The largest absolute Gasteiger partial charge is 0.462 e. The van der Waals surface area contributed by atoms with Gasteiger partial charge >= 0.3 is 5.97 Å². The zero-order valence-electron chi connectivity index (χ0n) is 23.5. The fourth-order valence-electron chi connectivity index (χ4n) is 4.57. The van der Waals surface area contributed by atoms with Gasteiger partial charge in [-0.25, -0.2) is 4.79 Å². The molecule has 0 fully saturated rings. The van der Waals surface area contributed by atoms with Gasteiger partial charge in [-0.3, -0.25) is 9.36 Å². The lowest BCUT2D eigenvalue weighted by atomic mass is 10.0. The molecule has 7 nitrogen and oxygen atoms in total. The first kappa shape index (κ1) is 29.5. The Morgan fingerprint density at radius 3 is 2.45 bits per heavy atom. The molecule has 0 saturated carbocycles. The minimum absolute atomic E-state index is 0.0869. The molecule has 0 radical (unpaired) electrons. The number of benzene rings is 2. The summed E-state index contributed by atoms with van der Waals surface area (Å²) in [7, 11) is 0. The van der Waals surface area contributed by atoms with Gasteiger partial charge in [0.15, 0.2) is 11.0 Å². The standard InChI is InChI=1S/C32H30N4O3S3/c1-5-16-36-29(25-18-40-21(4)27(25)23-14-12-20(3)13-15-23)34-35-32(36)42-19-26(37)33-30-28(31(38)39-6-2)24(17-41-30)22-10-8-7-9-11-22/h5,7-15,17-18H,1,6,16,19H2,2-4H3,(H,33,37). The Bertz CT molecular complexity index is 1720. The van der Waals surface area contributed by atoms with E-state index in [1.807, 2.05) is 40.3 Å². The highest BCUT2D eigenvalue weighted by molar-refractivity contribution is 7.99. The summed E-state index contributed by atoms with van der Waals surface area (Å²) in [4.78, 5) is 27.2. The molecule has 1 N–H and O–H groups in total. The van der Waals surface area contributed by atoms with Crippen LogP contribution in [0.4, 0.5) is 5.00 Å². The molecule has 0 unspecified atom stereocenters. The molecule has 0 aliphatic heterocycles. The number of aryl methyl sites for hydroxylation is 2. The van der Waals surface area contributed by atoms with Crippen LogP contribution >= 0.6 is 34.4 Å². The molecule has 0 spiro atoms. The number of hydrogen-bond acceptors (Lipinski definition) is 8. The number of thiophene rings is 2. The Morgan fingerprint density at radius 1 is 1.00 bits per heavy atom. The molecule has 2 aromatic carbocycles. The highest BCUT2D eigenvalue weighted by atomic mass is 32.2. The van der Waals surface area contributed by atoms with Crippen LogP contribution in [0, 0.1) is 13.8 Å². The van der Waals surface area contributed by atoms with Crippen molar-refractivity contribution in [2.75, 3.05) is 17.7 Å². The van der Waals surface area contributed by atoms with E-state index in [0.29, 0.717) is 22.3 Å². The van der Waals surface area contributed by atoms with Gasteiger partial charge in [0.05, 0.1) is 12.4 Å². The maximum Gasteiger partial charge on any atom is 0.341 e. The van der Waals surface area contributed by atoms with Crippen LogP contribution in [0.15, 0.2) is 83.2 Å². The van der Waals surface area contributed by atoms with Crippen LogP contribution in [0.3, 0.4) is 0 Å². The number of thioether (sulfide) groups is 1. The van der Waals surface area contributed by atoms with Crippen molar-refractivity contribution < 1.29 is 14.3 Å². The van der Waals surface area contributed by atoms with Gasteiger partial charge in [-0.05, 0) is 31.9 Å². The number of anilines is 1. The molecule has 0 atom stereocenters. The first-order valence-corrected chi connectivity index (χ1v) is 16.1. The Hall–Kier alpha value is -3.99. The summed E-state index contributed by atoms with van der Waals surface area (Å²) >= 11 is 4.27. The third-order valence-corrected chi connectivity index (χ3v) is 9.30. The number of allylic oxidation sites excluding steroid dienone is 1. The average Bonchev–Trinajstić information content (AvgIpc) is 3.70. The van der Waals surface area contributed by atoms with Gasteiger partial charge in [-0.1, -0.05) is 78.0 Å². The molecule has 3 heterocycles. The normalized spacial score (nSPS) is 10.9. The quantitative estimate of drug-likeness (QED) is 0.0919. The van der Waals surface area contributed by atoms with E-state index in [0.717, 1.165) is 33.6 Å². The van der Waals surface area contributed by atoms with Gasteiger partial charge in [0.25, 0.3) is 0 Å². The molecule has 0 saturated heterocycles. The molecule has 0 bridgehead atoms. The molecule has 1 amide bonds. The molecule has 10 heteroatoms. The lowest BCUT2D eigenvalue weighted by Crippen LogP contribution is -2.17. The molecule has 5 rings (SSSR count). The minimum atomic E-state index is -0.466. The van der Waals surface area contributed by atoms with Gasteiger partial charge in [0.2, 0.25) is 5.91 Å². The number of hydrogen-bond donors (Lipinski definition) is 1. The van der Waals surface area contributed by atoms with Gasteiger partial charge in [-0.2, -0.15) is 0 Å². The summed E-state index contributed by atoms with van der Waals surface area (Å²) in [6.45, 7) is 10.6. The second-order valence-electron chi connectivity index (χ2n) is 9.43. The SMILES string of the molecule is C=CCn1c(SCC(=O)Nc2scc(-c3ccccc3)c2C(=O)OCC)nnc1-c1csc(C)c1-c1ccc(C)cc1. The fraction of sp³-hybridized carbons (Fsp3) is 0.188. The molecular weight excluding hydrogens is 585 g/mol. The zero-order valence-corrected chi connectivity index (χ0v) is 26.0. The fourth-order valence-corrected chi connectivity index (χ4v) is 7.15. The van der Waals surface area contributed by atoms with Crippen LogP contribution < -0.4 is 5.32 Å². The maximum absolute atomic E-state index is 13.1. The van der Waals surface area contributed by atoms with E-state index < -0.39 is 5.97 Å². The number of ether oxygens (including phenoxy) is 1. The Morgan fingerprint density at radius 2 is 1.74 bits per heavy atom. The number of nitrogens with one attached hydrogen (secondary N) is 1. The number of aromatic nitrogens is 3. The van der Waals surface area contributed by atoms with E-state index >= 15 is 0 Å². The highest BCUT2D eigenvalue weighted by Gasteiger charge is 2.24. The second-order valence-corrected chi connectivity index (χ2v) is 12.3. The number of rotatable bonds is 11. The minimum Gasteiger partial charge on any atom is -0.462 e. The van der Waals surface area contributed by atoms with Crippen molar-refractivity contribution in [3.05, 3.63) is 94.0 Å². The third kappa shape index (κ3) is 6.25. The predicted octanol–water partition coefficient (Wildman–Crippen LogP) is 8.11. The molecule has 3 aromatic heterocycles. The van der Waals surface area contributed by atoms with Crippen molar-refractivity contribution in [2.45, 2.75) is 32.5 Å². The van der Waals surface area contributed by atoms with Crippen molar-refractivity contribution in [2.24, 2.45) is 0 Å². The van der Waals surface area contributed by atoms with Gasteiger partial charge in [0.1, 0.15) is 10.6 Å². The first-order valence-electron chi connectivity index (χ1n) is 13.4. The van der Waals surface area contributed by atoms with Gasteiger partial charge in [0, 0.05) is 38.9 Å². The maximum atomic E-state index is 13.1. The van der Waals surface area contributed by atoms with Crippen molar-refractivity contribution in [1.82, 2.24) is 14.8 Å². The Kier molecular flexibility index (Phi) is 9.36. The van der Waals surface area contributed by atoms with Crippen LogP contribution in [-0.4, -0.2) is 39.0 Å². The number of carbonyl (C=O) groups is 2. The molecule has 214 valence electrons. The summed E-state index contributed by atoms with van der Waals surface area (Å²) in [6.07, 6.45) is 1.80. The molecule has 0 aliphatic carbocycles. The Balaban J connectivity index is 1.37.